The highest BCUT2D eigenvalue weighted by Crippen LogP contribution is 2.26. The number of aliphatic hydroxyl groups excluding tert-OH is 1. The standard InChI is InChI=1S/C17H27N5O2/c1-11(2)13(8-23)20-17-21-15-14(18-10-19-15)16(22-17)24-9-12-6-4-3-5-7-12/h10-13,23H,3-9H2,1-2H3,(H2,18,19,20,21,22)/t13-/m0/s1. The lowest BCUT2D eigenvalue weighted by Crippen LogP contribution is -2.30. The highest BCUT2D eigenvalue weighted by molar-refractivity contribution is 5.76. The van der Waals surface area contributed by atoms with E-state index in [1.165, 1.54) is 32.1 Å². The predicted molar refractivity (Wildman–Crippen MR) is 93.1 cm³/mol. The first-order valence-electron chi connectivity index (χ1n) is 8.88. The Labute approximate surface area is 142 Å². The Balaban J connectivity index is 1.76. The topological polar surface area (TPSA) is 95.9 Å². The zero-order chi connectivity index (χ0) is 16.9. The van der Waals surface area contributed by atoms with Crippen LogP contribution in [0.5, 0.6) is 5.88 Å². The van der Waals surface area contributed by atoms with Crippen LogP contribution in [-0.2, 0) is 0 Å². The van der Waals surface area contributed by atoms with Crippen LogP contribution in [0, 0.1) is 11.8 Å². The van der Waals surface area contributed by atoms with E-state index >= 15 is 0 Å². The van der Waals surface area contributed by atoms with Gasteiger partial charge in [0.2, 0.25) is 11.8 Å². The molecule has 1 fully saturated rings. The number of H-pyrrole nitrogens is 1. The van der Waals surface area contributed by atoms with Gasteiger partial charge in [0.1, 0.15) is 5.52 Å². The van der Waals surface area contributed by atoms with Crippen LogP contribution >= 0.6 is 0 Å². The second kappa shape index (κ2) is 7.79. The summed E-state index contributed by atoms with van der Waals surface area (Å²) in [5.41, 5.74) is 1.30. The Hall–Kier alpha value is -1.89. The van der Waals surface area contributed by atoms with Crippen molar-refractivity contribution in [2.75, 3.05) is 18.5 Å². The first-order valence-corrected chi connectivity index (χ1v) is 8.88. The van der Waals surface area contributed by atoms with Gasteiger partial charge in [-0.3, -0.25) is 0 Å². The molecule has 2 aromatic heterocycles. The first-order chi connectivity index (χ1) is 11.7. The van der Waals surface area contributed by atoms with E-state index in [1.54, 1.807) is 6.33 Å². The molecule has 3 N–H and O–H groups in total. The quantitative estimate of drug-likeness (QED) is 0.721. The number of imidazole rings is 1. The van der Waals surface area contributed by atoms with E-state index in [-0.39, 0.29) is 18.6 Å². The third kappa shape index (κ3) is 3.95. The van der Waals surface area contributed by atoms with Gasteiger partial charge >= 0.3 is 0 Å². The predicted octanol–water partition coefficient (Wildman–Crippen LogP) is 2.74. The van der Waals surface area contributed by atoms with E-state index in [4.69, 9.17) is 4.74 Å². The zero-order valence-electron chi connectivity index (χ0n) is 14.5. The second-order valence-electron chi connectivity index (χ2n) is 6.95. The van der Waals surface area contributed by atoms with Crippen molar-refractivity contribution in [1.82, 2.24) is 19.9 Å². The number of rotatable bonds is 7. The Morgan fingerprint density at radius 3 is 2.79 bits per heavy atom. The normalized spacial score (nSPS) is 17.3. The van der Waals surface area contributed by atoms with E-state index in [1.807, 2.05) is 13.8 Å². The van der Waals surface area contributed by atoms with Crippen molar-refractivity contribution in [3.8, 4) is 5.88 Å². The van der Waals surface area contributed by atoms with Crippen LogP contribution in [0.15, 0.2) is 6.33 Å². The molecule has 2 aromatic rings. The Bertz CT molecular complexity index is 651. The van der Waals surface area contributed by atoms with E-state index in [0.717, 1.165) is 5.52 Å². The molecule has 0 bridgehead atoms. The van der Waals surface area contributed by atoms with Crippen LogP contribution in [0.2, 0.25) is 0 Å². The minimum atomic E-state index is -0.104. The van der Waals surface area contributed by atoms with Crippen molar-refractivity contribution in [3.05, 3.63) is 6.33 Å². The molecular formula is C17H27N5O2. The largest absolute Gasteiger partial charge is 0.476 e. The molecule has 0 aliphatic heterocycles. The van der Waals surface area contributed by atoms with Gasteiger partial charge < -0.3 is 20.1 Å². The second-order valence-corrected chi connectivity index (χ2v) is 6.95. The lowest BCUT2D eigenvalue weighted by Gasteiger charge is -2.22. The average molecular weight is 333 g/mol. The van der Waals surface area contributed by atoms with Crippen molar-refractivity contribution in [1.29, 1.82) is 0 Å². The number of aliphatic hydroxyl groups is 1. The first kappa shape index (κ1) is 17.0. The molecule has 0 radical (unpaired) electrons. The highest BCUT2D eigenvalue weighted by Gasteiger charge is 2.19. The number of ether oxygens (including phenoxy) is 1. The molecule has 1 aliphatic rings. The molecule has 0 amide bonds. The number of nitrogens with one attached hydrogen (secondary N) is 2. The number of aromatic nitrogens is 4. The number of aromatic amines is 1. The van der Waals surface area contributed by atoms with Gasteiger partial charge in [0.15, 0.2) is 5.65 Å². The summed E-state index contributed by atoms with van der Waals surface area (Å²) < 4.78 is 6.01. The minimum Gasteiger partial charge on any atom is -0.476 e. The number of hydrogen-bond acceptors (Lipinski definition) is 6. The van der Waals surface area contributed by atoms with Gasteiger partial charge in [-0.25, -0.2) is 4.98 Å². The van der Waals surface area contributed by atoms with Crippen LogP contribution in [0.25, 0.3) is 11.2 Å². The molecule has 1 aliphatic carbocycles. The molecule has 132 valence electrons. The minimum absolute atomic E-state index is 0.0257. The molecule has 1 saturated carbocycles. The zero-order valence-corrected chi connectivity index (χ0v) is 14.5. The van der Waals surface area contributed by atoms with E-state index in [0.29, 0.717) is 30.0 Å². The van der Waals surface area contributed by atoms with E-state index in [2.05, 4.69) is 25.3 Å². The fourth-order valence-electron chi connectivity index (χ4n) is 3.12. The Morgan fingerprint density at radius 2 is 2.08 bits per heavy atom. The maximum Gasteiger partial charge on any atom is 0.245 e. The van der Waals surface area contributed by atoms with Gasteiger partial charge in [0.05, 0.1) is 25.6 Å². The summed E-state index contributed by atoms with van der Waals surface area (Å²) in [6.45, 7) is 4.79. The van der Waals surface area contributed by atoms with Crippen molar-refractivity contribution in [3.63, 3.8) is 0 Å². The maximum absolute atomic E-state index is 9.50. The molecule has 7 heteroatoms. The Kier molecular flexibility index (Phi) is 5.50. The van der Waals surface area contributed by atoms with Crippen LogP contribution in [-0.4, -0.2) is 44.3 Å². The Morgan fingerprint density at radius 1 is 1.29 bits per heavy atom. The molecule has 0 saturated heterocycles. The fourth-order valence-corrected chi connectivity index (χ4v) is 3.12. The maximum atomic E-state index is 9.50. The van der Waals surface area contributed by atoms with Gasteiger partial charge in [0, 0.05) is 0 Å². The van der Waals surface area contributed by atoms with E-state index < -0.39 is 0 Å². The number of nitrogens with zero attached hydrogens (tertiary/aromatic N) is 3. The highest BCUT2D eigenvalue weighted by atomic mass is 16.5. The van der Waals surface area contributed by atoms with Crippen LogP contribution < -0.4 is 10.1 Å². The summed E-state index contributed by atoms with van der Waals surface area (Å²) in [6, 6.07) is -0.104. The van der Waals surface area contributed by atoms with Gasteiger partial charge in [-0.2, -0.15) is 9.97 Å². The summed E-state index contributed by atoms with van der Waals surface area (Å²) in [5.74, 6) is 1.84. The van der Waals surface area contributed by atoms with Crippen LogP contribution in [0.3, 0.4) is 0 Å². The molecular weight excluding hydrogens is 306 g/mol. The lowest BCUT2D eigenvalue weighted by molar-refractivity contribution is 0.204. The van der Waals surface area contributed by atoms with Gasteiger partial charge in [-0.1, -0.05) is 33.1 Å². The third-order valence-electron chi connectivity index (χ3n) is 4.75. The number of fused-ring (bicyclic) bond motifs is 1. The van der Waals surface area contributed by atoms with Gasteiger partial charge in [-0.15, -0.1) is 0 Å². The number of hydrogen-bond donors (Lipinski definition) is 3. The molecule has 3 rings (SSSR count). The van der Waals surface area contributed by atoms with Crippen molar-refractivity contribution < 1.29 is 9.84 Å². The van der Waals surface area contributed by atoms with Crippen LogP contribution in [0.1, 0.15) is 46.0 Å². The van der Waals surface area contributed by atoms with Crippen molar-refractivity contribution in [2.24, 2.45) is 11.8 Å². The average Bonchev–Trinajstić information content (AvgIpc) is 3.06. The summed E-state index contributed by atoms with van der Waals surface area (Å²) in [5, 5.41) is 12.7. The summed E-state index contributed by atoms with van der Waals surface area (Å²) in [6.07, 6.45) is 7.96. The van der Waals surface area contributed by atoms with Gasteiger partial charge in [0.25, 0.3) is 0 Å². The van der Waals surface area contributed by atoms with Crippen LogP contribution in [0.4, 0.5) is 5.95 Å². The SMILES string of the molecule is CC(C)[C@H](CO)Nc1nc(OCC2CCCCC2)c2[nH]cnc2n1. The third-order valence-corrected chi connectivity index (χ3v) is 4.75. The summed E-state index contributed by atoms with van der Waals surface area (Å²) in [4.78, 5) is 16.2. The molecule has 2 heterocycles. The van der Waals surface area contributed by atoms with Gasteiger partial charge in [-0.05, 0) is 24.7 Å². The fraction of sp³-hybridized carbons (Fsp3) is 0.706. The molecule has 7 nitrogen and oxygen atoms in total. The summed E-state index contributed by atoms with van der Waals surface area (Å²) >= 11 is 0. The molecule has 0 unspecified atom stereocenters. The molecule has 0 spiro atoms. The number of anilines is 1. The smallest absolute Gasteiger partial charge is 0.245 e. The van der Waals surface area contributed by atoms with Crippen molar-refractivity contribution in [2.45, 2.75) is 52.0 Å². The summed E-state index contributed by atoms with van der Waals surface area (Å²) in [7, 11) is 0. The van der Waals surface area contributed by atoms with E-state index in [9.17, 15) is 5.11 Å². The molecule has 24 heavy (non-hydrogen) atoms. The van der Waals surface area contributed by atoms with Crippen molar-refractivity contribution >= 4 is 17.1 Å². The lowest BCUT2D eigenvalue weighted by atomic mass is 9.90. The monoisotopic (exact) mass is 333 g/mol. The molecule has 0 aromatic carbocycles. The molecule has 1 atom stereocenters.